The average molecular weight is 933 g/mol. The molecular formula is C42H35F7N6O7S2. The van der Waals surface area contributed by atoms with Crippen LogP contribution in [0.25, 0.3) is 22.3 Å². The van der Waals surface area contributed by atoms with Gasteiger partial charge in [-0.05, 0) is 78.2 Å². The number of benzene rings is 4. The van der Waals surface area contributed by atoms with E-state index in [-0.39, 0.29) is 52.0 Å². The Morgan fingerprint density at radius 3 is 1.48 bits per heavy atom. The fraction of sp³-hybridized carbons (Fsp3) is 0.143. The van der Waals surface area contributed by atoms with Gasteiger partial charge in [0.2, 0.25) is 31.9 Å². The number of alkyl halides is 6. The summed E-state index contributed by atoms with van der Waals surface area (Å²) < 4.78 is 145. The molecule has 2 heterocycles. The number of carbonyl (C=O) groups is 2. The molecule has 13 nitrogen and oxygen atoms in total. The molecular weight excluding hydrogens is 898 g/mol. The molecule has 4 aromatic carbocycles. The summed E-state index contributed by atoms with van der Waals surface area (Å²) in [6, 6.07) is 20.0. The third-order valence-electron chi connectivity index (χ3n) is 8.98. The number of ether oxygens (including phenoxy) is 1. The Balaban J connectivity index is 0.000000241. The molecule has 0 fully saturated rings. The number of rotatable bonds is 11. The molecule has 6 aromatic rings. The van der Waals surface area contributed by atoms with Gasteiger partial charge in [0.05, 0.1) is 40.9 Å². The Morgan fingerprint density at radius 1 is 0.625 bits per heavy atom. The van der Waals surface area contributed by atoms with E-state index < -0.39 is 70.9 Å². The molecule has 336 valence electrons. The zero-order valence-corrected chi connectivity index (χ0v) is 34.9. The van der Waals surface area contributed by atoms with Gasteiger partial charge in [0, 0.05) is 58.4 Å². The lowest BCUT2D eigenvalue weighted by atomic mass is 10.0. The molecule has 0 aliphatic carbocycles. The lowest BCUT2D eigenvalue weighted by Gasteiger charge is -2.13. The van der Waals surface area contributed by atoms with E-state index in [0.29, 0.717) is 29.3 Å². The minimum atomic E-state index is -4.68. The normalized spacial score (nSPS) is 11.9. The number of sulfonamides is 2. The minimum absolute atomic E-state index is 0.00794. The number of pyridine rings is 2. The fourth-order valence-electron chi connectivity index (χ4n) is 5.94. The SMILES string of the molecule is COc1ccc(CC(=O)Nc2ccc(-c3cncc(C(F)(F)F)c3)c(S(N)(=O)=O)c2)cc1.Cc1ccc(CC(=O)Nc2ccc(-c3cncc(C(F)(F)F)c3)c(S(N)(=O)=O)c2)c(F)c1. The lowest BCUT2D eigenvalue weighted by molar-refractivity contribution is -0.138. The summed E-state index contributed by atoms with van der Waals surface area (Å²) in [4.78, 5) is 30.8. The third-order valence-corrected chi connectivity index (χ3v) is 10.9. The second-order valence-electron chi connectivity index (χ2n) is 13.8. The molecule has 2 aromatic heterocycles. The first kappa shape index (κ1) is 48.3. The van der Waals surface area contributed by atoms with Crippen LogP contribution in [0.4, 0.5) is 42.1 Å². The number of carbonyl (C=O) groups excluding carboxylic acids is 2. The second-order valence-corrected chi connectivity index (χ2v) is 16.9. The van der Waals surface area contributed by atoms with Crippen LogP contribution >= 0.6 is 0 Å². The van der Waals surface area contributed by atoms with Crippen molar-refractivity contribution >= 4 is 43.2 Å². The Morgan fingerprint density at radius 2 is 1.08 bits per heavy atom. The van der Waals surface area contributed by atoms with Crippen LogP contribution in [0.2, 0.25) is 0 Å². The summed E-state index contributed by atoms with van der Waals surface area (Å²) in [5.41, 5.74) is -0.819. The number of anilines is 2. The highest BCUT2D eigenvalue weighted by molar-refractivity contribution is 7.89. The van der Waals surface area contributed by atoms with Crippen molar-refractivity contribution in [3.8, 4) is 28.0 Å². The number of aryl methyl sites for hydroxylation is 1. The molecule has 0 saturated heterocycles. The van der Waals surface area contributed by atoms with Gasteiger partial charge >= 0.3 is 12.4 Å². The fourth-order valence-corrected chi connectivity index (χ4v) is 7.51. The molecule has 22 heteroatoms. The van der Waals surface area contributed by atoms with Crippen molar-refractivity contribution in [1.29, 1.82) is 0 Å². The van der Waals surface area contributed by atoms with E-state index in [0.717, 1.165) is 36.7 Å². The lowest BCUT2D eigenvalue weighted by Crippen LogP contribution is -2.17. The molecule has 0 radical (unpaired) electrons. The Kier molecular flexibility index (Phi) is 14.6. The maximum Gasteiger partial charge on any atom is 0.417 e. The van der Waals surface area contributed by atoms with Crippen molar-refractivity contribution in [2.75, 3.05) is 17.7 Å². The molecule has 6 N–H and O–H groups in total. The van der Waals surface area contributed by atoms with E-state index in [4.69, 9.17) is 15.0 Å². The van der Waals surface area contributed by atoms with Gasteiger partial charge in [0.1, 0.15) is 11.6 Å². The number of nitrogens with one attached hydrogen (secondary N) is 2. The number of aromatic nitrogens is 2. The summed E-state index contributed by atoms with van der Waals surface area (Å²) in [5, 5.41) is 15.5. The Bertz CT molecular complexity index is 2930. The predicted molar refractivity (Wildman–Crippen MR) is 221 cm³/mol. The molecule has 2 amide bonds. The van der Waals surface area contributed by atoms with Crippen molar-refractivity contribution in [3.63, 3.8) is 0 Å². The topological polar surface area (TPSA) is 214 Å². The predicted octanol–water partition coefficient (Wildman–Crippen LogP) is 7.65. The first-order valence-electron chi connectivity index (χ1n) is 18.2. The monoisotopic (exact) mass is 932 g/mol. The maximum absolute atomic E-state index is 14.0. The van der Waals surface area contributed by atoms with E-state index in [2.05, 4.69) is 20.6 Å². The number of amides is 2. The van der Waals surface area contributed by atoms with Gasteiger partial charge in [0.25, 0.3) is 0 Å². The Hall–Kier alpha value is -6.75. The van der Waals surface area contributed by atoms with E-state index in [1.165, 1.54) is 43.5 Å². The highest BCUT2D eigenvalue weighted by Gasteiger charge is 2.33. The van der Waals surface area contributed by atoms with Gasteiger partial charge < -0.3 is 15.4 Å². The molecule has 0 saturated carbocycles. The largest absolute Gasteiger partial charge is 0.497 e. The van der Waals surface area contributed by atoms with E-state index in [1.54, 1.807) is 37.3 Å². The van der Waals surface area contributed by atoms with Gasteiger partial charge in [-0.25, -0.2) is 31.5 Å². The molecule has 0 bridgehead atoms. The zero-order chi connectivity index (χ0) is 47.2. The number of primary sulfonamides is 2. The van der Waals surface area contributed by atoms with E-state index >= 15 is 0 Å². The third kappa shape index (κ3) is 12.9. The summed E-state index contributed by atoms with van der Waals surface area (Å²) in [5.74, 6) is -0.977. The van der Waals surface area contributed by atoms with Crippen LogP contribution in [0, 0.1) is 12.7 Å². The smallest absolute Gasteiger partial charge is 0.417 e. The van der Waals surface area contributed by atoms with Crippen molar-refractivity contribution in [2.24, 2.45) is 10.3 Å². The minimum Gasteiger partial charge on any atom is -0.497 e. The number of hydrogen-bond donors (Lipinski definition) is 4. The van der Waals surface area contributed by atoms with Crippen LogP contribution in [0.5, 0.6) is 5.75 Å². The van der Waals surface area contributed by atoms with Crippen molar-refractivity contribution in [1.82, 2.24) is 9.97 Å². The van der Waals surface area contributed by atoms with Crippen LogP contribution in [-0.2, 0) is 54.8 Å². The number of halogens is 7. The van der Waals surface area contributed by atoms with Gasteiger partial charge in [-0.15, -0.1) is 0 Å². The molecule has 6 rings (SSSR count). The van der Waals surface area contributed by atoms with Crippen molar-refractivity contribution in [2.45, 2.75) is 41.9 Å². The second kappa shape index (κ2) is 19.3. The molecule has 64 heavy (non-hydrogen) atoms. The van der Waals surface area contributed by atoms with Crippen molar-refractivity contribution < 1.29 is 61.9 Å². The van der Waals surface area contributed by atoms with Crippen molar-refractivity contribution in [3.05, 3.63) is 149 Å². The Labute approximate surface area is 361 Å². The number of methoxy groups -OCH3 is 1. The first-order valence-corrected chi connectivity index (χ1v) is 21.3. The highest BCUT2D eigenvalue weighted by Crippen LogP contribution is 2.36. The highest BCUT2D eigenvalue weighted by atomic mass is 32.2. The van der Waals surface area contributed by atoms with Gasteiger partial charge in [-0.1, -0.05) is 36.4 Å². The van der Waals surface area contributed by atoms with E-state index in [1.807, 2.05) is 0 Å². The molecule has 0 aliphatic rings. The standard InChI is InChI=1S/C21H17F4N3O3S.C21H18F3N3O4S/c1-12-2-3-13(18(22)6-12)8-20(29)28-16-4-5-17(19(9-16)32(26,30)31)14-7-15(11-27-10-14)21(23,24)25;1-31-17-5-2-13(3-6-17)8-20(28)27-16-4-7-18(19(10-16)32(25,29)30)14-9-15(12-26-11-14)21(22,23)24/h2-7,9-11H,8H2,1H3,(H,28,29)(H2,26,30,31);2-7,9-12H,8H2,1H3,(H,27,28)(H2,25,29,30). The average Bonchev–Trinajstić information content (AvgIpc) is 3.21. The van der Waals surface area contributed by atoms with Gasteiger partial charge in [-0.2, -0.15) is 26.3 Å². The van der Waals surface area contributed by atoms with Crippen LogP contribution in [0.3, 0.4) is 0 Å². The quantitative estimate of drug-likeness (QED) is 0.0938. The summed E-state index contributed by atoms with van der Waals surface area (Å²) in [6.07, 6.45) is -6.22. The van der Waals surface area contributed by atoms with Crippen LogP contribution < -0.4 is 25.6 Å². The first-order chi connectivity index (χ1) is 29.8. The number of hydrogen-bond acceptors (Lipinski definition) is 9. The van der Waals surface area contributed by atoms with Gasteiger partial charge in [-0.3, -0.25) is 19.6 Å². The number of nitrogens with zero attached hydrogens (tertiary/aromatic N) is 2. The summed E-state index contributed by atoms with van der Waals surface area (Å²) >= 11 is 0. The molecule has 0 aliphatic heterocycles. The molecule has 0 spiro atoms. The van der Waals surface area contributed by atoms with Crippen LogP contribution in [0.1, 0.15) is 27.8 Å². The summed E-state index contributed by atoms with van der Waals surface area (Å²) in [6.45, 7) is 1.70. The summed E-state index contributed by atoms with van der Waals surface area (Å²) in [7, 11) is -7.19. The number of nitrogens with two attached hydrogens (primary N) is 2. The van der Waals surface area contributed by atoms with E-state index in [9.17, 15) is 57.2 Å². The zero-order valence-electron chi connectivity index (χ0n) is 33.3. The molecule has 0 unspecified atom stereocenters. The van der Waals surface area contributed by atoms with Gasteiger partial charge in [0.15, 0.2) is 0 Å². The van der Waals surface area contributed by atoms with Crippen LogP contribution in [-0.4, -0.2) is 45.7 Å². The molecule has 0 atom stereocenters. The maximum atomic E-state index is 14.0. The van der Waals surface area contributed by atoms with Crippen LogP contribution in [0.15, 0.2) is 126 Å².